The Morgan fingerprint density at radius 1 is 1.10 bits per heavy atom. The van der Waals surface area contributed by atoms with Gasteiger partial charge in [-0.15, -0.1) is 0 Å². The van der Waals surface area contributed by atoms with Crippen LogP contribution in [0.15, 0.2) is 24.3 Å². The zero-order valence-corrected chi connectivity index (χ0v) is 12.8. The largest absolute Gasteiger partial charge is 0.381 e. The SMILES string of the molecule is O=S(=O)(CC1CCOCC1)N1CCOCc2ccccc21. The third-order valence-electron chi connectivity index (χ3n) is 4.08. The molecular weight excluding hydrogens is 290 g/mol. The van der Waals surface area contributed by atoms with E-state index in [2.05, 4.69) is 0 Å². The number of hydrogen-bond donors (Lipinski definition) is 0. The minimum Gasteiger partial charge on any atom is -0.381 e. The van der Waals surface area contributed by atoms with E-state index in [4.69, 9.17) is 9.47 Å². The fourth-order valence-corrected chi connectivity index (χ4v) is 4.86. The van der Waals surface area contributed by atoms with Gasteiger partial charge >= 0.3 is 0 Å². The van der Waals surface area contributed by atoms with Crippen LogP contribution in [0.2, 0.25) is 0 Å². The summed E-state index contributed by atoms with van der Waals surface area (Å²) < 4.78 is 37.9. The molecule has 0 N–H and O–H groups in total. The third kappa shape index (κ3) is 3.39. The van der Waals surface area contributed by atoms with Crippen LogP contribution in [0.4, 0.5) is 5.69 Å². The molecule has 5 nitrogen and oxygen atoms in total. The van der Waals surface area contributed by atoms with Crippen LogP contribution in [0, 0.1) is 5.92 Å². The van der Waals surface area contributed by atoms with Crippen LogP contribution >= 0.6 is 0 Å². The molecule has 1 aromatic carbocycles. The zero-order valence-electron chi connectivity index (χ0n) is 12.0. The van der Waals surface area contributed by atoms with Gasteiger partial charge in [0.25, 0.3) is 0 Å². The molecule has 3 rings (SSSR count). The molecule has 0 unspecified atom stereocenters. The summed E-state index contributed by atoms with van der Waals surface area (Å²) in [6.45, 7) is 2.63. The first-order valence-electron chi connectivity index (χ1n) is 7.40. The summed E-state index contributed by atoms with van der Waals surface area (Å²) in [6, 6.07) is 7.58. The summed E-state index contributed by atoms with van der Waals surface area (Å²) in [7, 11) is -3.32. The van der Waals surface area contributed by atoms with E-state index in [1.54, 1.807) is 0 Å². The number of ether oxygens (including phenoxy) is 2. The molecule has 6 heteroatoms. The summed E-state index contributed by atoms with van der Waals surface area (Å²) in [5.74, 6) is 0.394. The Morgan fingerprint density at radius 2 is 1.86 bits per heavy atom. The van der Waals surface area contributed by atoms with Crippen molar-refractivity contribution in [2.75, 3.05) is 36.4 Å². The van der Waals surface area contributed by atoms with E-state index < -0.39 is 10.0 Å². The van der Waals surface area contributed by atoms with Crippen molar-refractivity contribution in [1.29, 1.82) is 0 Å². The number of fused-ring (bicyclic) bond motifs is 1. The second-order valence-electron chi connectivity index (χ2n) is 5.59. The summed E-state index contributed by atoms with van der Waals surface area (Å²) in [4.78, 5) is 0. The van der Waals surface area contributed by atoms with Gasteiger partial charge in [0.05, 0.1) is 31.2 Å². The lowest BCUT2D eigenvalue weighted by Gasteiger charge is -2.28. The number of nitrogens with zero attached hydrogens (tertiary/aromatic N) is 1. The molecule has 0 bridgehead atoms. The van der Waals surface area contributed by atoms with Gasteiger partial charge in [0.1, 0.15) is 0 Å². The Labute approximate surface area is 125 Å². The fraction of sp³-hybridized carbons (Fsp3) is 0.600. The lowest BCUT2D eigenvalue weighted by Crippen LogP contribution is -2.38. The molecule has 1 aromatic rings. The average molecular weight is 311 g/mol. The molecule has 0 amide bonds. The molecule has 21 heavy (non-hydrogen) atoms. The summed E-state index contributed by atoms with van der Waals surface area (Å²) in [5.41, 5.74) is 1.70. The van der Waals surface area contributed by atoms with Crippen LogP contribution in [0.25, 0.3) is 0 Å². The molecule has 2 heterocycles. The number of para-hydroxylation sites is 1. The molecule has 116 valence electrons. The molecular formula is C15H21NO4S. The predicted octanol–water partition coefficient (Wildman–Crippen LogP) is 1.78. The van der Waals surface area contributed by atoms with E-state index >= 15 is 0 Å². The maximum Gasteiger partial charge on any atom is 0.235 e. The van der Waals surface area contributed by atoms with Crippen LogP contribution in [-0.2, 0) is 26.1 Å². The fourth-order valence-electron chi connectivity index (χ4n) is 2.92. The predicted molar refractivity (Wildman–Crippen MR) is 80.8 cm³/mol. The summed E-state index contributed by atoms with van der Waals surface area (Å²) in [6.07, 6.45) is 1.65. The Morgan fingerprint density at radius 3 is 2.67 bits per heavy atom. The normalized spacial score (nSPS) is 20.9. The Kier molecular flexibility index (Phi) is 4.47. The van der Waals surface area contributed by atoms with Gasteiger partial charge in [-0.05, 0) is 24.8 Å². The molecule has 2 aliphatic heterocycles. The first-order chi connectivity index (χ1) is 10.2. The number of hydrogen-bond acceptors (Lipinski definition) is 4. The Bertz CT molecular complexity index is 581. The van der Waals surface area contributed by atoms with Gasteiger partial charge in [-0.3, -0.25) is 4.31 Å². The van der Waals surface area contributed by atoms with E-state index in [1.807, 2.05) is 24.3 Å². The first-order valence-corrected chi connectivity index (χ1v) is 9.01. The topological polar surface area (TPSA) is 55.8 Å². The van der Waals surface area contributed by atoms with Crippen molar-refractivity contribution < 1.29 is 17.9 Å². The van der Waals surface area contributed by atoms with Crippen LogP contribution in [-0.4, -0.2) is 40.5 Å². The molecule has 1 saturated heterocycles. The summed E-state index contributed by atoms with van der Waals surface area (Å²) in [5, 5.41) is 0. The molecule has 1 fully saturated rings. The van der Waals surface area contributed by atoms with Crippen molar-refractivity contribution in [1.82, 2.24) is 0 Å². The van der Waals surface area contributed by atoms with E-state index in [0.29, 0.717) is 33.0 Å². The highest BCUT2D eigenvalue weighted by molar-refractivity contribution is 7.92. The monoisotopic (exact) mass is 311 g/mol. The van der Waals surface area contributed by atoms with Gasteiger partial charge in [-0.2, -0.15) is 0 Å². The molecule has 2 aliphatic rings. The van der Waals surface area contributed by atoms with E-state index in [1.165, 1.54) is 4.31 Å². The van der Waals surface area contributed by atoms with Crippen LogP contribution < -0.4 is 4.31 Å². The number of sulfonamides is 1. The van der Waals surface area contributed by atoms with E-state index in [0.717, 1.165) is 24.1 Å². The zero-order chi connectivity index (χ0) is 14.7. The van der Waals surface area contributed by atoms with Crippen LogP contribution in [0.3, 0.4) is 0 Å². The number of benzene rings is 1. The maximum absolute atomic E-state index is 12.8. The van der Waals surface area contributed by atoms with Gasteiger partial charge in [0.2, 0.25) is 10.0 Å². The molecule has 0 aromatic heterocycles. The molecule has 0 spiro atoms. The maximum atomic E-state index is 12.8. The van der Waals surface area contributed by atoms with E-state index in [-0.39, 0.29) is 11.7 Å². The Balaban J connectivity index is 1.84. The Hall–Kier alpha value is -1.11. The number of rotatable bonds is 3. The summed E-state index contributed by atoms with van der Waals surface area (Å²) >= 11 is 0. The van der Waals surface area contributed by atoms with Crippen molar-refractivity contribution in [2.45, 2.75) is 19.4 Å². The van der Waals surface area contributed by atoms with Gasteiger partial charge in [-0.1, -0.05) is 18.2 Å². The molecule has 0 radical (unpaired) electrons. The smallest absolute Gasteiger partial charge is 0.235 e. The van der Waals surface area contributed by atoms with Gasteiger partial charge < -0.3 is 9.47 Å². The van der Waals surface area contributed by atoms with Gasteiger partial charge in [0, 0.05) is 18.8 Å². The highest BCUT2D eigenvalue weighted by Crippen LogP contribution is 2.28. The highest BCUT2D eigenvalue weighted by atomic mass is 32.2. The molecule has 0 saturated carbocycles. The van der Waals surface area contributed by atoms with Crippen molar-refractivity contribution in [3.63, 3.8) is 0 Å². The van der Waals surface area contributed by atoms with Crippen molar-refractivity contribution in [3.05, 3.63) is 29.8 Å². The highest BCUT2D eigenvalue weighted by Gasteiger charge is 2.29. The van der Waals surface area contributed by atoms with Crippen molar-refractivity contribution >= 4 is 15.7 Å². The second-order valence-corrected chi connectivity index (χ2v) is 7.53. The quantitative estimate of drug-likeness (QED) is 0.854. The minimum atomic E-state index is -3.32. The van der Waals surface area contributed by atoms with Crippen LogP contribution in [0.5, 0.6) is 0 Å². The average Bonchev–Trinajstić information content (AvgIpc) is 2.70. The van der Waals surface area contributed by atoms with Crippen molar-refractivity contribution in [3.8, 4) is 0 Å². The second kappa shape index (κ2) is 6.34. The lowest BCUT2D eigenvalue weighted by molar-refractivity contribution is 0.0723. The third-order valence-corrected chi connectivity index (χ3v) is 6.02. The van der Waals surface area contributed by atoms with Gasteiger partial charge in [-0.25, -0.2) is 8.42 Å². The standard InChI is InChI=1S/C15H21NO4S/c17-21(18,12-13-5-8-19-9-6-13)16-7-10-20-11-14-3-1-2-4-15(14)16/h1-4,13H,5-12H2. The van der Waals surface area contributed by atoms with E-state index in [9.17, 15) is 8.42 Å². The molecule has 0 aliphatic carbocycles. The first kappa shape index (κ1) is 14.8. The number of anilines is 1. The van der Waals surface area contributed by atoms with Crippen LogP contribution in [0.1, 0.15) is 18.4 Å². The van der Waals surface area contributed by atoms with Crippen molar-refractivity contribution in [2.24, 2.45) is 5.92 Å². The lowest BCUT2D eigenvalue weighted by atomic mass is 10.0. The minimum absolute atomic E-state index is 0.195. The molecule has 0 atom stereocenters. The van der Waals surface area contributed by atoms with Gasteiger partial charge in [0.15, 0.2) is 0 Å².